The standard InChI is InChI=1S/C17H23N3O3/c18-13-16(17(23)20(9-11-21)10-12-22)14-19-8-4-7-15-5-2-1-3-6-15/h1-3,5-6,14,19,21-22H,4,7-12H2/b16-14-. The summed E-state index contributed by atoms with van der Waals surface area (Å²) in [7, 11) is 0. The van der Waals surface area contributed by atoms with E-state index < -0.39 is 5.91 Å². The van der Waals surface area contributed by atoms with Gasteiger partial charge in [-0.2, -0.15) is 5.26 Å². The second kappa shape index (κ2) is 11.2. The first-order chi connectivity index (χ1) is 11.2. The van der Waals surface area contributed by atoms with Gasteiger partial charge in [-0.25, -0.2) is 0 Å². The molecular formula is C17H23N3O3. The zero-order valence-electron chi connectivity index (χ0n) is 13.1. The number of nitriles is 1. The summed E-state index contributed by atoms with van der Waals surface area (Å²) in [5, 5.41) is 29.9. The van der Waals surface area contributed by atoms with Gasteiger partial charge in [0.1, 0.15) is 11.6 Å². The summed E-state index contributed by atoms with van der Waals surface area (Å²) in [5.74, 6) is -0.494. The molecule has 0 fully saturated rings. The van der Waals surface area contributed by atoms with Crippen molar-refractivity contribution in [2.24, 2.45) is 0 Å². The monoisotopic (exact) mass is 317 g/mol. The molecule has 0 bridgehead atoms. The lowest BCUT2D eigenvalue weighted by Gasteiger charge is -2.20. The number of hydrogen-bond acceptors (Lipinski definition) is 5. The van der Waals surface area contributed by atoms with E-state index in [2.05, 4.69) is 17.4 Å². The van der Waals surface area contributed by atoms with Gasteiger partial charge in [0.2, 0.25) is 0 Å². The molecular weight excluding hydrogens is 294 g/mol. The average Bonchev–Trinajstić information content (AvgIpc) is 2.58. The Morgan fingerprint density at radius 3 is 2.43 bits per heavy atom. The van der Waals surface area contributed by atoms with Crippen molar-refractivity contribution in [1.82, 2.24) is 10.2 Å². The van der Waals surface area contributed by atoms with Gasteiger partial charge in [-0.15, -0.1) is 0 Å². The van der Waals surface area contributed by atoms with Gasteiger partial charge in [-0.05, 0) is 18.4 Å². The Bertz CT molecular complexity index is 532. The Labute approximate surface area is 136 Å². The van der Waals surface area contributed by atoms with E-state index in [0.29, 0.717) is 6.54 Å². The van der Waals surface area contributed by atoms with E-state index in [9.17, 15) is 4.79 Å². The van der Waals surface area contributed by atoms with Crippen molar-refractivity contribution in [3.63, 3.8) is 0 Å². The Hall–Kier alpha value is -2.36. The molecule has 23 heavy (non-hydrogen) atoms. The lowest BCUT2D eigenvalue weighted by atomic mass is 10.1. The van der Waals surface area contributed by atoms with Gasteiger partial charge in [-0.3, -0.25) is 4.79 Å². The highest BCUT2D eigenvalue weighted by Gasteiger charge is 2.17. The van der Waals surface area contributed by atoms with Crippen LogP contribution < -0.4 is 5.32 Å². The van der Waals surface area contributed by atoms with Gasteiger partial charge >= 0.3 is 0 Å². The molecule has 124 valence electrons. The predicted octanol–water partition coefficient (Wildman–Crippen LogP) is 0.429. The fourth-order valence-corrected chi connectivity index (χ4v) is 2.08. The minimum Gasteiger partial charge on any atom is -0.395 e. The SMILES string of the molecule is N#C/C(=C/NCCCc1ccccc1)C(=O)N(CCO)CCO. The third-order valence-electron chi connectivity index (χ3n) is 3.25. The lowest BCUT2D eigenvalue weighted by Crippen LogP contribution is -2.37. The number of aliphatic hydroxyl groups is 2. The smallest absolute Gasteiger partial charge is 0.266 e. The fraction of sp³-hybridized carbons (Fsp3) is 0.412. The van der Waals surface area contributed by atoms with Gasteiger partial charge < -0.3 is 20.4 Å². The van der Waals surface area contributed by atoms with Crippen LogP contribution in [0.25, 0.3) is 0 Å². The third-order valence-corrected chi connectivity index (χ3v) is 3.25. The van der Waals surface area contributed by atoms with Gasteiger partial charge in [0.15, 0.2) is 0 Å². The number of nitrogens with one attached hydrogen (secondary N) is 1. The molecule has 0 unspecified atom stereocenters. The van der Waals surface area contributed by atoms with Crippen LogP contribution in [0.4, 0.5) is 0 Å². The molecule has 0 spiro atoms. The number of carbonyl (C=O) groups excluding carboxylic acids is 1. The minimum atomic E-state index is -0.494. The van der Waals surface area contributed by atoms with Crippen LogP contribution in [0.15, 0.2) is 42.1 Å². The van der Waals surface area contributed by atoms with E-state index in [0.717, 1.165) is 12.8 Å². The molecule has 3 N–H and O–H groups in total. The van der Waals surface area contributed by atoms with Crippen molar-refractivity contribution in [3.05, 3.63) is 47.7 Å². The molecule has 1 aromatic carbocycles. The second-order valence-corrected chi connectivity index (χ2v) is 4.95. The van der Waals surface area contributed by atoms with E-state index in [1.54, 1.807) is 0 Å². The molecule has 0 atom stereocenters. The van der Waals surface area contributed by atoms with Crippen LogP contribution in [-0.4, -0.2) is 53.9 Å². The van der Waals surface area contributed by atoms with Crippen LogP contribution in [0, 0.1) is 11.3 Å². The highest BCUT2D eigenvalue weighted by molar-refractivity contribution is 5.97. The van der Waals surface area contributed by atoms with Crippen LogP contribution >= 0.6 is 0 Å². The molecule has 0 aromatic heterocycles. The summed E-state index contributed by atoms with van der Waals surface area (Å²) >= 11 is 0. The molecule has 0 saturated heterocycles. The molecule has 0 aliphatic carbocycles. The van der Waals surface area contributed by atoms with Crippen molar-refractivity contribution in [3.8, 4) is 6.07 Å². The van der Waals surface area contributed by atoms with Crippen molar-refractivity contribution in [2.45, 2.75) is 12.8 Å². The van der Waals surface area contributed by atoms with E-state index >= 15 is 0 Å². The first-order valence-corrected chi connectivity index (χ1v) is 7.61. The molecule has 1 aromatic rings. The summed E-state index contributed by atoms with van der Waals surface area (Å²) in [6, 6.07) is 11.9. The van der Waals surface area contributed by atoms with Gasteiger partial charge in [0, 0.05) is 25.8 Å². The molecule has 0 radical (unpaired) electrons. The third kappa shape index (κ3) is 6.96. The number of benzene rings is 1. The highest BCUT2D eigenvalue weighted by atomic mass is 16.3. The summed E-state index contributed by atoms with van der Waals surface area (Å²) in [6.45, 7) is 0.399. The van der Waals surface area contributed by atoms with E-state index in [1.165, 1.54) is 16.7 Å². The number of amides is 1. The zero-order chi connectivity index (χ0) is 16.9. The van der Waals surface area contributed by atoms with E-state index in [1.807, 2.05) is 24.3 Å². The molecule has 6 nitrogen and oxygen atoms in total. The van der Waals surface area contributed by atoms with E-state index in [-0.39, 0.29) is 31.9 Å². The fourth-order valence-electron chi connectivity index (χ4n) is 2.08. The Morgan fingerprint density at radius 1 is 1.22 bits per heavy atom. The maximum Gasteiger partial charge on any atom is 0.266 e. The highest BCUT2D eigenvalue weighted by Crippen LogP contribution is 2.02. The number of aliphatic hydroxyl groups excluding tert-OH is 2. The Kier molecular flexibility index (Phi) is 9.13. The molecule has 0 aliphatic heterocycles. The summed E-state index contributed by atoms with van der Waals surface area (Å²) in [4.78, 5) is 13.4. The number of hydrogen-bond donors (Lipinski definition) is 3. The number of rotatable bonds is 10. The van der Waals surface area contributed by atoms with Crippen LogP contribution in [0.2, 0.25) is 0 Å². The van der Waals surface area contributed by atoms with Crippen molar-refractivity contribution < 1.29 is 15.0 Å². The maximum absolute atomic E-state index is 12.1. The minimum absolute atomic E-state index is 0.0355. The summed E-state index contributed by atoms with van der Waals surface area (Å²) in [6.07, 6.45) is 3.19. The molecule has 0 saturated carbocycles. The van der Waals surface area contributed by atoms with Gasteiger partial charge in [0.25, 0.3) is 5.91 Å². The molecule has 0 aliphatic rings. The first kappa shape index (κ1) is 18.7. The van der Waals surface area contributed by atoms with Crippen LogP contribution in [0.5, 0.6) is 0 Å². The number of nitrogens with zero attached hydrogens (tertiary/aromatic N) is 2. The Balaban J connectivity index is 2.45. The lowest BCUT2D eigenvalue weighted by molar-refractivity contribution is -0.127. The first-order valence-electron chi connectivity index (χ1n) is 7.61. The van der Waals surface area contributed by atoms with Crippen LogP contribution in [0.1, 0.15) is 12.0 Å². The second-order valence-electron chi connectivity index (χ2n) is 4.95. The predicted molar refractivity (Wildman–Crippen MR) is 87.2 cm³/mol. The molecule has 1 amide bonds. The van der Waals surface area contributed by atoms with E-state index in [4.69, 9.17) is 15.5 Å². The van der Waals surface area contributed by atoms with Gasteiger partial charge in [-0.1, -0.05) is 30.3 Å². The summed E-state index contributed by atoms with van der Waals surface area (Å²) < 4.78 is 0. The number of aryl methyl sites for hydroxylation is 1. The quantitative estimate of drug-likeness (QED) is 0.330. The zero-order valence-corrected chi connectivity index (χ0v) is 13.1. The van der Waals surface area contributed by atoms with Crippen molar-refractivity contribution >= 4 is 5.91 Å². The van der Waals surface area contributed by atoms with Gasteiger partial charge in [0.05, 0.1) is 13.2 Å². The van der Waals surface area contributed by atoms with Crippen LogP contribution in [0.3, 0.4) is 0 Å². The molecule has 6 heteroatoms. The molecule has 1 rings (SSSR count). The van der Waals surface area contributed by atoms with Crippen molar-refractivity contribution in [1.29, 1.82) is 5.26 Å². The normalized spacial score (nSPS) is 10.9. The maximum atomic E-state index is 12.1. The van der Waals surface area contributed by atoms with Crippen LogP contribution in [-0.2, 0) is 11.2 Å². The number of carbonyl (C=O) groups is 1. The molecule has 0 heterocycles. The summed E-state index contributed by atoms with van der Waals surface area (Å²) in [5.41, 5.74) is 1.21. The average molecular weight is 317 g/mol. The Morgan fingerprint density at radius 2 is 1.87 bits per heavy atom. The largest absolute Gasteiger partial charge is 0.395 e. The van der Waals surface area contributed by atoms with Crippen molar-refractivity contribution in [2.75, 3.05) is 32.8 Å². The topological polar surface area (TPSA) is 96.6 Å².